The number of hydrogen-bond acceptors (Lipinski definition) is 6. The largest absolute Gasteiger partial charge is 0.352 e. The number of nitrogens with one attached hydrogen (secondary N) is 1. The van der Waals surface area contributed by atoms with Gasteiger partial charge in [0.2, 0.25) is 5.91 Å². The average molecular weight is 438 g/mol. The third-order valence-corrected chi connectivity index (χ3v) is 7.30. The smallest absolute Gasteiger partial charge is 0.294 e. The van der Waals surface area contributed by atoms with Crippen molar-refractivity contribution in [2.24, 2.45) is 0 Å². The first-order chi connectivity index (χ1) is 15.2. The highest BCUT2D eigenvalue weighted by molar-refractivity contribution is 7.22. The summed E-state index contributed by atoms with van der Waals surface area (Å²) in [5.41, 5.74) is 1.75. The minimum absolute atomic E-state index is 0.0817. The van der Waals surface area contributed by atoms with Crippen LogP contribution in [0.2, 0.25) is 0 Å². The van der Waals surface area contributed by atoms with Crippen LogP contribution in [0, 0.1) is 0 Å². The van der Waals surface area contributed by atoms with Crippen LogP contribution in [0.25, 0.3) is 21.5 Å². The van der Waals surface area contributed by atoms with Gasteiger partial charge in [0.05, 0.1) is 4.70 Å². The van der Waals surface area contributed by atoms with E-state index < -0.39 is 0 Å². The number of thiazole rings is 1. The van der Waals surface area contributed by atoms with Crippen LogP contribution in [0.1, 0.15) is 44.9 Å². The Balaban J connectivity index is 1.52. The molecule has 1 aliphatic heterocycles. The van der Waals surface area contributed by atoms with Crippen molar-refractivity contribution in [3.05, 3.63) is 40.7 Å². The van der Waals surface area contributed by atoms with E-state index in [0.717, 1.165) is 67.0 Å². The number of benzene rings is 1. The Labute approximate surface area is 185 Å². The van der Waals surface area contributed by atoms with E-state index in [0.29, 0.717) is 11.2 Å². The summed E-state index contributed by atoms with van der Waals surface area (Å²) in [5, 5.41) is 8.59. The van der Waals surface area contributed by atoms with Gasteiger partial charge in [0.15, 0.2) is 10.6 Å². The molecule has 1 amide bonds. The van der Waals surface area contributed by atoms with Gasteiger partial charge in [-0.05, 0) is 25.7 Å². The van der Waals surface area contributed by atoms with Crippen molar-refractivity contribution >= 4 is 32.6 Å². The molecule has 0 radical (unpaired) electrons. The normalized spacial score (nSPS) is 17.4. The zero-order chi connectivity index (χ0) is 21.2. The van der Waals surface area contributed by atoms with E-state index in [2.05, 4.69) is 15.3 Å². The van der Waals surface area contributed by atoms with Crippen LogP contribution in [-0.2, 0) is 11.3 Å². The van der Waals surface area contributed by atoms with E-state index in [4.69, 9.17) is 4.98 Å². The Bertz CT molecular complexity index is 1130. The number of fused-ring (bicyclic) bond motifs is 1. The predicted molar refractivity (Wildman–Crippen MR) is 124 cm³/mol. The second kappa shape index (κ2) is 8.78. The molecule has 5 rings (SSSR count). The molecule has 1 aromatic carbocycles. The number of hydrogen-bond donors (Lipinski definition) is 1. The summed E-state index contributed by atoms with van der Waals surface area (Å²) in [5.74, 6) is -0.158. The highest BCUT2D eigenvalue weighted by atomic mass is 32.1. The Morgan fingerprint density at radius 3 is 2.55 bits per heavy atom. The van der Waals surface area contributed by atoms with E-state index >= 15 is 0 Å². The number of aromatic nitrogens is 3. The molecule has 2 aromatic heterocycles. The highest BCUT2D eigenvalue weighted by Crippen LogP contribution is 2.34. The molecule has 162 valence electrons. The fraction of sp³-hybridized carbons (Fsp3) is 0.478. The number of rotatable bonds is 5. The first-order valence-corrected chi connectivity index (χ1v) is 12.0. The summed E-state index contributed by atoms with van der Waals surface area (Å²) in [6.45, 7) is 1.85. The molecule has 1 saturated carbocycles. The zero-order valence-electron chi connectivity index (χ0n) is 17.5. The van der Waals surface area contributed by atoms with Crippen molar-refractivity contribution in [3.8, 4) is 11.3 Å². The van der Waals surface area contributed by atoms with Crippen molar-refractivity contribution < 1.29 is 4.79 Å². The SMILES string of the molecule is O=C(Cn1nc(-c2ccccc2)c2sc(N3CCCC3)nc2c1=O)NC1CCCCC1. The molecule has 2 fully saturated rings. The quantitative estimate of drug-likeness (QED) is 0.660. The summed E-state index contributed by atoms with van der Waals surface area (Å²) < 4.78 is 2.08. The second-order valence-corrected chi connectivity index (χ2v) is 9.43. The molecular weight excluding hydrogens is 410 g/mol. The van der Waals surface area contributed by atoms with E-state index in [1.165, 1.54) is 22.4 Å². The van der Waals surface area contributed by atoms with Crippen molar-refractivity contribution in [1.29, 1.82) is 0 Å². The maximum absolute atomic E-state index is 13.2. The van der Waals surface area contributed by atoms with Gasteiger partial charge in [-0.15, -0.1) is 0 Å². The van der Waals surface area contributed by atoms with E-state index in [1.54, 1.807) is 0 Å². The van der Waals surface area contributed by atoms with Crippen molar-refractivity contribution in [2.45, 2.75) is 57.5 Å². The lowest BCUT2D eigenvalue weighted by atomic mass is 9.95. The standard InChI is InChI=1S/C23H27N5O2S/c29-18(24-17-11-5-2-6-12-17)15-28-22(30)20-21(19(26-28)16-9-3-1-4-10-16)31-23(25-20)27-13-7-8-14-27/h1,3-4,9-10,17H,2,5-8,11-15H2,(H,24,29). The molecule has 0 spiro atoms. The molecule has 1 aliphatic carbocycles. The monoisotopic (exact) mass is 437 g/mol. The van der Waals surface area contributed by atoms with Gasteiger partial charge in [-0.1, -0.05) is 60.9 Å². The summed E-state index contributed by atoms with van der Waals surface area (Å²) in [7, 11) is 0. The maximum Gasteiger partial charge on any atom is 0.294 e. The summed E-state index contributed by atoms with van der Waals surface area (Å²) in [4.78, 5) is 32.8. The topological polar surface area (TPSA) is 80.1 Å². The van der Waals surface area contributed by atoms with Crippen molar-refractivity contribution in [1.82, 2.24) is 20.1 Å². The minimum atomic E-state index is -0.296. The Kier molecular flexibility index (Phi) is 5.72. The summed E-state index contributed by atoms with van der Waals surface area (Å²) in [6.07, 6.45) is 7.82. The Morgan fingerprint density at radius 2 is 1.81 bits per heavy atom. The Morgan fingerprint density at radius 1 is 1.06 bits per heavy atom. The predicted octanol–water partition coefficient (Wildman–Crippen LogP) is 3.57. The first-order valence-electron chi connectivity index (χ1n) is 11.2. The fourth-order valence-corrected chi connectivity index (χ4v) is 5.66. The average Bonchev–Trinajstić information content (AvgIpc) is 3.47. The number of amides is 1. The molecule has 0 bridgehead atoms. The molecular formula is C23H27N5O2S. The number of anilines is 1. The molecule has 3 heterocycles. The van der Waals surface area contributed by atoms with Crippen LogP contribution in [0.3, 0.4) is 0 Å². The lowest BCUT2D eigenvalue weighted by Crippen LogP contribution is -2.40. The molecule has 8 heteroatoms. The van der Waals surface area contributed by atoms with Crippen molar-refractivity contribution in [2.75, 3.05) is 18.0 Å². The van der Waals surface area contributed by atoms with Gasteiger partial charge in [0, 0.05) is 24.7 Å². The molecule has 1 N–H and O–H groups in total. The van der Waals surface area contributed by atoms with Gasteiger partial charge >= 0.3 is 0 Å². The second-order valence-electron chi connectivity index (χ2n) is 8.45. The fourth-order valence-electron chi connectivity index (χ4n) is 4.54. The van der Waals surface area contributed by atoms with Crippen LogP contribution in [0.5, 0.6) is 0 Å². The Hall–Kier alpha value is -2.74. The van der Waals surface area contributed by atoms with Gasteiger partial charge < -0.3 is 10.2 Å². The van der Waals surface area contributed by atoms with Crippen molar-refractivity contribution in [3.63, 3.8) is 0 Å². The van der Waals surface area contributed by atoms with Crippen LogP contribution < -0.4 is 15.8 Å². The first kappa shape index (κ1) is 20.2. The lowest BCUT2D eigenvalue weighted by molar-refractivity contribution is -0.122. The summed E-state index contributed by atoms with van der Waals surface area (Å²) in [6, 6.07) is 10.0. The molecule has 3 aromatic rings. The molecule has 0 unspecified atom stereocenters. The van der Waals surface area contributed by atoms with E-state index in [9.17, 15) is 9.59 Å². The van der Waals surface area contributed by atoms with E-state index in [1.807, 2.05) is 30.3 Å². The maximum atomic E-state index is 13.2. The number of carbonyl (C=O) groups excluding carboxylic acids is 1. The van der Waals surface area contributed by atoms with Gasteiger partial charge in [0.25, 0.3) is 5.56 Å². The van der Waals surface area contributed by atoms with Crippen LogP contribution in [0.15, 0.2) is 35.1 Å². The minimum Gasteiger partial charge on any atom is -0.352 e. The summed E-state index contributed by atoms with van der Waals surface area (Å²) >= 11 is 1.52. The van der Waals surface area contributed by atoms with Crippen LogP contribution in [0.4, 0.5) is 5.13 Å². The van der Waals surface area contributed by atoms with Crippen LogP contribution >= 0.6 is 11.3 Å². The highest BCUT2D eigenvalue weighted by Gasteiger charge is 2.23. The number of nitrogens with zero attached hydrogens (tertiary/aromatic N) is 4. The lowest BCUT2D eigenvalue weighted by Gasteiger charge is -2.22. The van der Waals surface area contributed by atoms with E-state index in [-0.39, 0.29) is 24.1 Å². The van der Waals surface area contributed by atoms with Crippen LogP contribution in [-0.4, -0.2) is 39.8 Å². The molecule has 7 nitrogen and oxygen atoms in total. The molecule has 1 saturated heterocycles. The third-order valence-electron chi connectivity index (χ3n) is 6.18. The molecule has 0 atom stereocenters. The zero-order valence-corrected chi connectivity index (χ0v) is 18.4. The molecule has 2 aliphatic rings. The van der Waals surface area contributed by atoms with Gasteiger partial charge in [-0.3, -0.25) is 9.59 Å². The molecule has 31 heavy (non-hydrogen) atoms. The number of carbonyl (C=O) groups is 1. The third kappa shape index (κ3) is 4.21. The van der Waals surface area contributed by atoms with Gasteiger partial charge in [0.1, 0.15) is 12.2 Å². The van der Waals surface area contributed by atoms with Gasteiger partial charge in [-0.2, -0.15) is 5.10 Å². The van der Waals surface area contributed by atoms with Gasteiger partial charge in [-0.25, -0.2) is 9.67 Å².